The van der Waals surface area contributed by atoms with Crippen LogP contribution < -0.4 is 4.31 Å². The van der Waals surface area contributed by atoms with Gasteiger partial charge in [-0.15, -0.1) is 0 Å². The number of nitrogens with zero attached hydrogens (tertiary/aromatic N) is 2. The summed E-state index contributed by atoms with van der Waals surface area (Å²) in [6.45, 7) is 3.61. The van der Waals surface area contributed by atoms with E-state index in [9.17, 15) is 17.6 Å². The number of hydrogen-bond donors (Lipinski definition) is 0. The lowest BCUT2D eigenvalue weighted by Gasteiger charge is -2.24. The molecule has 1 aliphatic rings. The maximum absolute atomic E-state index is 13.2. The Bertz CT molecular complexity index is 928. The Morgan fingerprint density at radius 1 is 1.07 bits per heavy atom. The predicted molar refractivity (Wildman–Crippen MR) is 113 cm³/mol. The molecule has 1 saturated heterocycles. The minimum atomic E-state index is -3.24. The number of amides is 1. The van der Waals surface area contributed by atoms with Gasteiger partial charge in [-0.2, -0.15) is 0 Å². The van der Waals surface area contributed by atoms with E-state index in [2.05, 4.69) is 6.92 Å². The highest BCUT2D eigenvalue weighted by atomic mass is 32.2. The minimum Gasteiger partial charge on any atom is -0.334 e. The molecule has 1 fully saturated rings. The molecule has 0 unspecified atom stereocenters. The summed E-state index contributed by atoms with van der Waals surface area (Å²) in [5, 5.41) is 0. The van der Waals surface area contributed by atoms with Gasteiger partial charge in [0.2, 0.25) is 10.0 Å². The van der Waals surface area contributed by atoms with Gasteiger partial charge in [0.1, 0.15) is 5.82 Å². The van der Waals surface area contributed by atoms with Gasteiger partial charge < -0.3 is 4.90 Å². The van der Waals surface area contributed by atoms with Crippen LogP contribution in [0.1, 0.15) is 48.5 Å². The molecule has 3 rings (SSSR count). The van der Waals surface area contributed by atoms with Crippen molar-refractivity contribution in [3.63, 3.8) is 0 Å². The number of sulfonamides is 1. The molecule has 1 amide bonds. The Morgan fingerprint density at radius 2 is 1.76 bits per heavy atom. The second kappa shape index (κ2) is 9.39. The van der Waals surface area contributed by atoms with Crippen LogP contribution in [0.25, 0.3) is 0 Å². The Labute approximate surface area is 172 Å². The van der Waals surface area contributed by atoms with Gasteiger partial charge in [0.05, 0.1) is 11.4 Å². The summed E-state index contributed by atoms with van der Waals surface area (Å²) in [5.41, 5.74) is 1.98. The van der Waals surface area contributed by atoms with Gasteiger partial charge in [0.15, 0.2) is 0 Å². The average molecular weight is 419 g/mol. The number of rotatable bonds is 8. The monoisotopic (exact) mass is 418 g/mol. The Morgan fingerprint density at radius 3 is 2.34 bits per heavy atom. The van der Waals surface area contributed by atoms with Crippen LogP contribution in [0, 0.1) is 5.82 Å². The molecule has 0 saturated carbocycles. The molecule has 0 radical (unpaired) electrons. The molecule has 0 aliphatic carbocycles. The van der Waals surface area contributed by atoms with Gasteiger partial charge >= 0.3 is 0 Å². The summed E-state index contributed by atoms with van der Waals surface area (Å²) in [6.07, 6.45) is 3.59. The standard InChI is InChI=1S/C22H27FN2O3S/c1-2-3-4-14-24(17-18-6-10-20(23)11-7-18)22(26)19-8-12-21(13-9-19)25-15-5-16-29(25,27)28/h6-13H,2-5,14-17H2,1H3. The zero-order valence-corrected chi connectivity index (χ0v) is 17.5. The molecular weight excluding hydrogens is 391 g/mol. The van der Waals surface area contributed by atoms with Crippen molar-refractivity contribution in [1.82, 2.24) is 4.90 Å². The first kappa shape index (κ1) is 21.3. The fourth-order valence-corrected chi connectivity index (χ4v) is 5.06. The highest BCUT2D eigenvalue weighted by Gasteiger charge is 2.28. The van der Waals surface area contributed by atoms with E-state index in [4.69, 9.17) is 0 Å². The van der Waals surface area contributed by atoms with Crippen molar-refractivity contribution in [2.75, 3.05) is 23.1 Å². The first-order valence-electron chi connectivity index (χ1n) is 10.0. The van der Waals surface area contributed by atoms with E-state index < -0.39 is 10.0 Å². The molecule has 2 aromatic rings. The fourth-order valence-electron chi connectivity index (χ4n) is 3.50. The normalized spacial score (nSPS) is 15.4. The van der Waals surface area contributed by atoms with Crippen molar-refractivity contribution in [2.24, 2.45) is 0 Å². The highest BCUT2D eigenvalue weighted by Crippen LogP contribution is 2.24. The van der Waals surface area contributed by atoms with Crippen molar-refractivity contribution >= 4 is 21.6 Å². The third-order valence-corrected chi connectivity index (χ3v) is 6.98. The molecule has 156 valence electrons. The third kappa shape index (κ3) is 5.35. The molecule has 0 bridgehead atoms. The number of carbonyl (C=O) groups is 1. The summed E-state index contributed by atoms with van der Waals surface area (Å²) >= 11 is 0. The number of carbonyl (C=O) groups excluding carboxylic acids is 1. The lowest BCUT2D eigenvalue weighted by atomic mass is 10.1. The summed E-state index contributed by atoms with van der Waals surface area (Å²) in [6, 6.07) is 12.9. The first-order chi connectivity index (χ1) is 13.9. The third-order valence-electron chi connectivity index (χ3n) is 5.11. The van der Waals surface area contributed by atoms with Gasteiger partial charge in [-0.1, -0.05) is 31.9 Å². The SMILES string of the molecule is CCCCCN(Cc1ccc(F)cc1)C(=O)c1ccc(N2CCCS2(=O)=O)cc1. The van der Waals surface area contributed by atoms with E-state index in [1.165, 1.54) is 16.4 Å². The molecule has 2 aromatic carbocycles. The number of benzene rings is 2. The molecular formula is C22H27FN2O3S. The summed E-state index contributed by atoms with van der Waals surface area (Å²) in [4.78, 5) is 14.9. The number of halogens is 1. The molecule has 7 heteroatoms. The molecule has 1 heterocycles. The Balaban J connectivity index is 1.76. The van der Waals surface area contributed by atoms with Gasteiger partial charge in [-0.3, -0.25) is 9.10 Å². The average Bonchev–Trinajstić information content (AvgIpc) is 3.07. The Kier molecular flexibility index (Phi) is 6.90. The number of hydrogen-bond acceptors (Lipinski definition) is 3. The van der Waals surface area contributed by atoms with Crippen molar-refractivity contribution in [3.05, 3.63) is 65.5 Å². The van der Waals surface area contributed by atoms with E-state index in [1.54, 1.807) is 41.3 Å². The van der Waals surface area contributed by atoms with Crippen LogP contribution in [-0.4, -0.2) is 38.1 Å². The first-order valence-corrected chi connectivity index (χ1v) is 11.7. The Hall–Kier alpha value is -2.41. The lowest BCUT2D eigenvalue weighted by Crippen LogP contribution is -2.31. The summed E-state index contributed by atoms with van der Waals surface area (Å²) in [7, 11) is -3.24. The van der Waals surface area contributed by atoms with Crippen molar-refractivity contribution in [3.8, 4) is 0 Å². The minimum absolute atomic E-state index is 0.110. The van der Waals surface area contributed by atoms with Crippen LogP contribution in [0.4, 0.5) is 10.1 Å². The van der Waals surface area contributed by atoms with E-state index >= 15 is 0 Å². The molecule has 0 atom stereocenters. The smallest absolute Gasteiger partial charge is 0.254 e. The molecule has 1 aliphatic heterocycles. The largest absolute Gasteiger partial charge is 0.334 e. The molecule has 29 heavy (non-hydrogen) atoms. The van der Waals surface area contributed by atoms with Gasteiger partial charge in [0, 0.05) is 25.2 Å². The maximum atomic E-state index is 13.2. The second-order valence-corrected chi connectivity index (χ2v) is 9.36. The van der Waals surface area contributed by atoms with Crippen molar-refractivity contribution < 1.29 is 17.6 Å². The molecule has 0 aromatic heterocycles. The van der Waals surface area contributed by atoms with E-state index in [-0.39, 0.29) is 17.5 Å². The van der Waals surface area contributed by atoms with Gasteiger partial charge in [-0.05, 0) is 54.8 Å². The van der Waals surface area contributed by atoms with Crippen LogP contribution in [0.2, 0.25) is 0 Å². The van der Waals surface area contributed by atoms with Crippen LogP contribution >= 0.6 is 0 Å². The zero-order chi connectivity index (χ0) is 20.9. The van der Waals surface area contributed by atoms with Crippen molar-refractivity contribution in [1.29, 1.82) is 0 Å². The molecule has 5 nitrogen and oxygen atoms in total. The van der Waals surface area contributed by atoms with E-state index in [0.717, 1.165) is 24.8 Å². The second-order valence-electron chi connectivity index (χ2n) is 7.35. The maximum Gasteiger partial charge on any atom is 0.254 e. The van der Waals surface area contributed by atoms with Crippen LogP contribution in [0.5, 0.6) is 0 Å². The molecule has 0 spiro atoms. The lowest BCUT2D eigenvalue weighted by molar-refractivity contribution is 0.0740. The summed E-state index contributed by atoms with van der Waals surface area (Å²) in [5.74, 6) is -0.248. The molecule has 0 N–H and O–H groups in total. The van der Waals surface area contributed by atoms with Crippen molar-refractivity contribution in [2.45, 2.75) is 39.2 Å². The van der Waals surface area contributed by atoms with E-state index in [1.807, 2.05) is 0 Å². The van der Waals surface area contributed by atoms with Crippen LogP contribution in [0.3, 0.4) is 0 Å². The summed E-state index contributed by atoms with van der Waals surface area (Å²) < 4.78 is 38.8. The predicted octanol–water partition coefficient (Wildman–Crippen LogP) is 4.20. The quantitative estimate of drug-likeness (QED) is 0.604. The van der Waals surface area contributed by atoms with Crippen LogP contribution in [-0.2, 0) is 16.6 Å². The zero-order valence-electron chi connectivity index (χ0n) is 16.7. The van der Waals surface area contributed by atoms with E-state index in [0.29, 0.717) is 37.3 Å². The topological polar surface area (TPSA) is 57.7 Å². The van der Waals surface area contributed by atoms with Gasteiger partial charge in [0.25, 0.3) is 5.91 Å². The number of unbranched alkanes of at least 4 members (excludes halogenated alkanes) is 2. The number of anilines is 1. The van der Waals surface area contributed by atoms with Gasteiger partial charge in [-0.25, -0.2) is 12.8 Å². The van der Waals surface area contributed by atoms with Crippen LogP contribution in [0.15, 0.2) is 48.5 Å². The highest BCUT2D eigenvalue weighted by molar-refractivity contribution is 7.93. The fraction of sp³-hybridized carbons (Fsp3) is 0.409.